The topological polar surface area (TPSA) is 82.1 Å². The van der Waals surface area contributed by atoms with Gasteiger partial charge in [0.25, 0.3) is 15.9 Å². The molecular formula is C28H31NO6S. The minimum atomic E-state index is -4.18. The number of aryl methyl sites for hydroxylation is 1. The zero-order valence-corrected chi connectivity index (χ0v) is 21.7. The fourth-order valence-corrected chi connectivity index (χ4v) is 4.79. The highest BCUT2D eigenvalue weighted by atomic mass is 32.2. The monoisotopic (exact) mass is 509 g/mol. The average molecular weight is 510 g/mol. The predicted molar refractivity (Wildman–Crippen MR) is 141 cm³/mol. The van der Waals surface area contributed by atoms with Crippen LogP contribution in [0.25, 0.3) is 6.08 Å². The number of hydrogen-bond acceptors (Lipinski definition) is 6. The van der Waals surface area contributed by atoms with Crippen molar-refractivity contribution in [3.63, 3.8) is 0 Å². The highest BCUT2D eigenvalue weighted by Crippen LogP contribution is 2.30. The molecule has 0 radical (unpaired) electrons. The molecule has 7 nitrogen and oxygen atoms in total. The van der Waals surface area contributed by atoms with Gasteiger partial charge in [-0.25, -0.2) is 8.42 Å². The Bertz CT molecular complexity index is 1300. The molecule has 3 rings (SSSR count). The first-order chi connectivity index (χ1) is 17.3. The Hall–Kier alpha value is -3.78. The minimum Gasteiger partial charge on any atom is -0.494 e. The Balaban J connectivity index is 1.97. The average Bonchev–Trinajstić information content (AvgIpc) is 2.88. The Kier molecular flexibility index (Phi) is 9.13. The molecule has 190 valence electrons. The number of ether oxygens (including phenoxy) is 3. The van der Waals surface area contributed by atoms with E-state index in [1.807, 2.05) is 20.8 Å². The SMILES string of the molecule is CCCOc1ccc(/C=C/C(=O)N(c2ccc(OCC)cc2)S(=O)(=O)c2ccc(C)cc2)cc1OC. The van der Waals surface area contributed by atoms with Crippen molar-refractivity contribution in [2.45, 2.75) is 32.1 Å². The van der Waals surface area contributed by atoms with Gasteiger partial charge in [-0.15, -0.1) is 0 Å². The third-order valence-electron chi connectivity index (χ3n) is 5.21. The zero-order chi connectivity index (χ0) is 26.1. The van der Waals surface area contributed by atoms with Crippen LogP contribution in [0, 0.1) is 6.92 Å². The van der Waals surface area contributed by atoms with E-state index in [4.69, 9.17) is 14.2 Å². The molecule has 3 aromatic rings. The van der Waals surface area contributed by atoms with Crippen LogP contribution >= 0.6 is 0 Å². The standard InChI is InChI=1S/C28H31NO6S/c1-5-19-35-26-17-9-22(20-27(26)33-4)10-18-28(30)29(23-11-13-24(14-12-23)34-6-2)36(31,32)25-15-7-21(3)8-16-25/h7-18,20H,5-6,19H2,1-4H3/b18-10+. The van der Waals surface area contributed by atoms with E-state index in [1.54, 1.807) is 60.7 Å². The summed E-state index contributed by atoms with van der Waals surface area (Å²) < 4.78 is 44.4. The van der Waals surface area contributed by atoms with Gasteiger partial charge in [0.2, 0.25) is 0 Å². The van der Waals surface area contributed by atoms with Crippen LogP contribution in [-0.4, -0.2) is 34.6 Å². The number of benzene rings is 3. The lowest BCUT2D eigenvalue weighted by Crippen LogP contribution is -2.35. The molecule has 1 amide bonds. The lowest BCUT2D eigenvalue weighted by molar-refractivity contribution is -0.113. The summed E-state index contributed by atoms with van der Waals surface area (Å²) >= 11 is 0. The van der Waals surface area contributed by atoms with Crippen molar-refractivity contribution >= 4 is 27.7 Å². The van der Waals surface area contributed by atoms with Crippen LogP contribution < -0.4 is 18.5 Å². The predicted octanol–water partition coefficient (Wildman–Crippen LogP) is 5.63. The van der Waals surface area contributed by atoms with E-state index in [9.17, 15) is 13.2 Å². The van der Waals surface area contributed by atoms with Gasteiger partial charge in [-0.05, 0) is 80.4 Å². The van der Waals surface area contributed by atoms with Crippen molar-refractivity contribution < 1.29 is 27.4 Å². The second-order valence-corrected chi connectivity index (χ2v) is 9.73. The quantitative estimate of drug-likeness (QED) is 0.312. The first kappa shape index (κ1) is 26.8. The molecule has 0 aliphatic rings. The summed E-state index contributed by atoms with van der Waals surface area (Å²) in [6.45, 7) is 6.75. The maximum absolute atomic E-state index is 13.6. The second kappa shape index (κ2) is 12.3. The highest BCUT2D eigenvalue weighted by molar-refractivity contribution is 7.93. The van der Waals surface area contributed by atoms with Crippen molar-refractivity contribution in [1.82, 2.24) is 0 Å². The molecule has 0 bridgehead atoms. The number of carbonyl (C=O) groups excluding carboxylic acids is 1. The lowest BCUT2D eigenvalue weighted by atomic mass is 10.2. The molecular weight excluding hydrogens is 478 g/mol. The van der Waals surface area contributed by atoms with Gasteiger partial charge in [0.1, 0.15) is 5.75 Å². The third kappa shape index (κ3) is 6.46. The third-order valence-corrected chi connectivity index (χ3v) is 6.95. The molecule has 0 aliphatic heterocycles. The summed E-state index contributed by atoms with van der Waals surface area (Å²) in [5, 5.41) is 0. The Morgan fingerprint density at radius 1 is 0.917 bits per heavy atom. The Labute approximate surface area is 213 Å². The molecule has 0 atom stereocenters. The smallest absolute Gasteiger partial charge is 0.271 e. The van der Waals surface area contributed by atoms with E-state index >= 15 is 0 Å². The number of hydrogen-bond donors (Lipinski definition) is 0. The highest BCUT2D eigenvalue weighted by Gasteiger charge is 2.29. The lowest BCUT2D eigenvalue weighted by Gasteiger charge is -2.22. The summed E-state index contributed by atoms with van der Waals surface area (Å²) in [6.07, 6.45) is 3.63. The van der Waals surface area contributed by atoms with E-state index in [0.29, 0.717) is 36.0 Å². The fourth-order valence-electron chi connectivity index (χ4n) is 3.40. The minimum absolute atomic E-state index is 0.0165. The molecule has 0 unspecified atom stereocenters. The van der Waals surface area contributed by atoms with Gasteiger partial charge >= 0.3 is 0 Å². The molecule has 3 aromatic carbocycles. The molecule has 0 aliphatic carbocycles. The van der Waals surface area contributed by atoms with Crippen LogP contribution in [0.3, 0.4) is 0 Å². The normalized spacial score (nSPS) is 11.3. The number of rotatable bonds is 11. The van der Waals surface area contributed by atoms with Crippen LogP contribution in [0.2, 0.25) is 0 Å². The van der Waals surface area contributed by atoms with Crippen LogP contribution in [-0.2, 0) is 14.8 Å². The number of amides is 1. The molecule has 0 N–H and O–H groups in total. The van der Waals surface area contributed by atoms with E-state index in [2.05, 4.69) is 0 Å². The molecule has 36 heavy (non-hydrogen) atoms. The van der Waals surface area contributed by atoms with Gasteiger partial charge in [0.15, 0.2) is 11.5 Å². The Morgan fingerprint density at radius 3 is 2.22 bits per heavy atom. The van der Waals surface area contributed by atoms with E-state index < -0.39 is 15.9 Å². The van der Waals surface area contributed by atoms with Gasteiger partial charge in [-0.3, -0.25) is 4.79 Å². The van der Waals surface area contributed by atoms with E-state index in [1.165, 1.54) is 25.3 Å². The van der Waals surface area contributed by atoms with Gasteiger partial charge in [-0.1, -0.05) is 30.7 Å². The van der Waals surface area contributed by atoms with Gasteiger partial charge in [-0.2, -0.15) is 4.31 Å². The van der Waals surface area contributed by atoms with Crippen LogP contribution in [0.15, 0.2) is 77.7 Å². The summed E-state index contributed by atoms with van der Waals surface area (Å²) in [5.74, 6) is 0.980. The second-order valence-electron chi connectivity index (χ2n) is 7.94. The van der Waals surface area contributed by atoms with Gasteiger partial charge < -0.3 is 14.2 Å². The van der Waals surface area contributed by atoms with Crippen LogP contribution in [0.4, 0.5) is 5.69 Å². The summed E-state index contributed by atoms with van der Waals surface area (Å²) in [6, 6.07) is 18.0. The molecule has 0 aromatic heterocycles. The summed E-state index contributed by atoms with van der Waals surface area (Å²) in [7, 11) is -2.65. The first-order valence-electron chi connectivity index (χ1n) is 11.7. The van der Waals surface area contributed by atoms with E-state index in [-0.39, 0.29) is 10.6 Å². The largest absolute Gasteiger partial charge is 0.494 e. The number of carbonyl (C=O) groups is 1. The van der Waals surface area contributed by atoms with Gasteiger partial charge in [0, 0.05) is 6.08 Å². The number of sulfonamides is 1. The maximum Gasteiger partial charge on any atom is 0.271 e. The molecule has 0 saturated carbocycles. The molecule has 0 saturated heterocycles. The van der Waals surface area contributed by atoms with Crippen molar-refractivity contribution in [2.75, 3.05) is 24.6 Å². The molecule has 0 spiro atoms. The zero-order valence-electron chi connectivity index (χ0n) is 20.9. The number of nitrogens with zero attached hydrogens (tertiary/aromatic N) is 1. The van der Waals surface area contributed by atoms with Crippen molar-refractivity contribution in [2.24, 2.45) is 0 Å². The van der Waals surface area contributed by atoms with Crippen LogP contribution in [0.5, 0.6) is 17.2 Å². The first-order valence-corrected chi connectivity index (χ1v) is 13.1. The van der Waals surface area contributed by atoms with Gasteiger partial charge in [0.05, 0.1) is 30.9 Å². The summed E-state index contributed by atoms with van der Waals surface area (Å²) in [5.41, 5.74) is 1.77. The van der Waals surface area contributed by atoms with E-state index in [0.717, 1.165) is 16.3 Å². The number of anilines is 1. The number of methoxy groups -OCH3 is 1. The molecule has 0 fully saturated rings. The summed E-state index contributed by atoms with van der Waals surface area (Å²) in [4.78, 5) is 13.4. The maximum atomic E-state index is 13.6. The van der Waals surface area contributed by atoms with Crippen molar-refractivity contribution in [3.8, 4) is 17.2 Å². The molecule has 0 heterocycles. The van der Waals surface area contributed by atoms with Crippen molar-refractivity contribution in [1.29, 1.82) is 0 Å². The molecule has 8 heteroatoms. The fraction of sp³-hybridized carbons (Fsp3) is 0.250. The van der Waals surface area contributed by atoms with Crippen molar-refractivity contribution in [3.05, 3.63) is 83.9 Å². The Morgan fingerprint density at radius 2 is 1.61 bits per heavy atom. The van der Waals surface area contributed by atoms with Crippen LogP contribution in [0.1, 0.15) is 31.4 Å².